The zero-order chi connectivity index (χ0) is 19.6. The van der Waals surface area contributed by atoms with Crippen LogP contribution >= 0.6 is 0 Å². The summed E-state index contributed by atoms with van der Waals surface area (Å²) in [5, 5.41) is 35.5. The number of piperidine rings is 2. The fourth-order valence-corrected chi connectivity index (χ4v) is 7.51. The Morgan fingerprint density at radius 2 is 1.93 bits per heavy atom. The van der Waals surface area contributed by atoms with Crippen LogP contribution in [0.2, 0.25) is 0 Å². The molecule has 0 bridgehead atoms. The highest BCUT2D eigenvalue weighted by Crippen LogP contribution is 2.49. The van der Waals surface area contributed by atoms with Crippen LogP contribution in [0.1, 0.15) is 32.6 Å². The van der Waals surface area contributed by atoms with E-state index in [1.807, 2.05) is 0 Å². The van der Waals surface area contributed by atoms with E-state index in [4.69, 9.17) is 10.5 Å². The predicted octanol–water partition coefficient (Wildman–Crippen LogP) is -0.859. The van der Waals surface area contributed by atoms with Crippen LogP contribution in [0.4, 0.5) is 0 Å². The lowest BCUT2D eigenvalue weighted by atomic mass is 9.64. The summed E-state index contributed by atoms with van der Waals surface area (Å²) < 4.78 is 5.79. The fraction of sp³-hybridized carbons (Fsp3) is 1.00. The summed E-state index contributed by atoms with van der Waals surface area (Å²) in [5.74, 6) is 1.89. The highest BCUT2D eigenvalue weighted by molar-refractivity contribution is 5.13. The first kappa shape index (κ1) is 19.7. The Balaban J connectivity index is 1.40. The van der Waals surface area contributed by atoms with Crippen LogP contribution in [0.5, 0.6) is 0 Å². The van der Waals surface area contributed by atoms with Crippen LogP contribution in [0.25, 0.3) is 0 Å². The van der Waals surface area contributed by atoms with E-state index in [0.717, 1.165) is 32.5 Å². The van der Waals surface area contributed by atoms with E-state index in [1.54, 1.807) is 0 Å². The third-order valence-electron chi connectivity index (χ3n) is 9.06. The Morgan fingerprint density at radius 3 is 2.68 bits per heavy atom. The number of aliphatic hydroxyl groups is 3. The van der Waals surface area contributed by atoms with Crippen molar-refractivity contribution in [2.24, 2.45) is 35.3 Å². The normalized spacial score (nSPS) is 56.5. The van der Waals surface area contributed by atoms with Gasteiger partial charge in [-0.3, -0.25) is 4.90 Å². The van der Waals surface area contributed by atoms with E-state index < -0.39 is 17.8 Å². The molecule has 28 heavy (non-hydrogen) atoms. The highest BCUT2D eigenvalue weighted by Gasteiger charge is 2.58. The van der Waals surface area contributed by atoms with Gasteiger partial charge in [0.15, 0.2) is 0 Å². The summed E-state index contributed by atoms with van der Waals surface area (Å²) >= 11 is 0. The Hall–Kier alpha value is -0.280. The molecule has 4 heterocycles. The molecule has 0 spiro atoms. The fourth-order valence-electron chi connectivity index (χ4n) is 7.51. The highest BCUT2D eigenvalue weighted by atomic mass is 16.5. The summed E-state index contributed by atoms with van der Waals surface area (Å²) in [6.07, 6.45) is 1.73. The van der Waals surface area contributed by atoms with Gasteiger partial charge in [-0.15, -0.1) is 0 Å². The molecule has 6 N–H and O–H groups in total. The molecular weight excluding hydrogens is 358 g/mol. The van der Waals surface area contributed by atoms with Crippen molar-refractivity contribution in [3.8, 4) is 0 Å². The van der Waals surface area contributed by atoms with E-state index in [0.29, 0.717) is 67.7 Å². The first-order valence-electron chi connectivity index (χ1n) is 11.3. The number of nitrogens with zero attached hydrogens (tertiary/aromatic N) is 1. The van der Waals surface area contributed by atoms with Crippen LogP contribution in [-0.2, 0) is 4.74 Å². The summed E-state index contributed by atoms with van der Waals surface area (Å²) in [6, 6.07) is 1.01. The van der Waals surface area contributed by atoms with Crippen LogP contribution in [0.15, 0.2) is 0 Å². The minimum Gasteiger partial charge on any atom is -0.390 e. The van der Waals surface area contributed by atoms with Crippen molar-refractivity contribution in [1.82, 2.24) is 10.2 Å². The molecule has 10 unspecified atom stereocenters. The first-order valence-corrected chi connectivity index (χ1v) is 11.3. The summed E-state index contributed by atoms with van der Waals surface area (Å²) in [4.78, 5) is 2.61. The van der Waals surface area contributed by atoms with Gasteiger partial charge in [-0.05, 0) is 55.9 Å². The zero-order valence-corrected chi connectivity index (χ0v) is 16.9. The van der Waals surface area contributed by atoms with Crippen molar-refractivity contribution < 1.29 is 20.1 Å². The van der Waals surface area contributed by atoms with Gasteiger partial charge in [0, 0.05) is 37.1 Å². The van der Waals surface area contributed by atoms with Gasteiger partial charge in [0.05, 0.1) is 31.0 Å². The van der Waals surface area contributed by atoms with Crippen molar-refractivity contribution in [2.45, 2.75) is 68.5 Å². The van der Waals surface area contributed by atoms with Crippen molar-refractivity contribution in [2.75, 3.05) is 32.8 Å². The van der Waals surface area contributed by atoms with Crippen LogP contribution < -0.4 is 11.1 Å². The molecule has 1 aliphatic carbocycles. The topological polar surface area (TPSA) is 111 Å². The third-order valence-corrected chi connectivity index (χ3v) is 9.06. The standard InChI is InChI=1S/C21H37N3O4/c1-2-21(27)10-28-9-11-7-24-8-14-13(6-22)12-3-18(25)19(26)5-16(12)23-20(14)17(24)4-15(11)21/h11-20,23,25-27H,2-10,22H2,1H3/t11?,12?,13?,14?,15?,16?,17?,18?,19?,20?,21-/m1/s1. The number of nitrogens with one attached hydrogen (secondary N) is 1. The summed E-state index contributed by atoms with van der Waals surface area (Å²) in [7, 11) is 0. The van der Waals surface area contributed by atoms with Crippen molar-refractivity contribution in [3.63, 3.8) is 0 Å². The predicted molar refractivity (Wildman–Crippen MR) is 105 cm³/mol. The van der Waals surface area contributed by atoms with E-state index in [2.05, 4.69) is 17.1 Å². The molecule has 0 aromatic rings. The molecule has 4 saturated heterocycles. The molecule has 0 amide bonds. The van der Waals surface area contributed by atoms with E-state index in [-0.39, 0.29) is 6.04 Å². The molecule has 5 fully saturated rings. The minimum atomic E-state index is -0.706. The van der Waals surface area contributed by atoms with E-state index >= 15 is 0 Å². The molecule has 160 valence electrons. The van der Waals surface area contributed by atoms with Gasteiger partial charge in [0.2, 0.25) is 0 Å². The van der Waals surface area contributed by atoms with Crippen LogP contribution in [0.3, 0.4) is 0 Å². The monoisotopic (exact) mass is 395 g/mol. The average Bonchev–Trinajstić information content (AvgIpc) is 3.03. The lowest BCUT2D eigenvalue weighted by Crippen LogP contribution is -2.65. The maximum absolute atomic E-state index is 11.2. The van der Waals surface area contributed by atoms with Gasteiger partial charge in [0.1, 0.15) is 0 Å². The number of ether oxygens (including phenoxy) is 1. The number of aliphatic hydroxyl groups excluding tert-OH is 2. The SMILES string of the molecule is CC[C@@]1(O)COCC2CN3CC4C(CN)C5CC(O)C(O)CC5NC4C3CC21. The van der Waals surface area contributed by atoms with Crippen LogP contribution in [0, 0.1) is 29.6 Å². The minimum absolute atomic E-state index is 0.227. The van der Waals surface area contributed by atoms with Gasteiger partial charge >= 0.3 is 0 Å². The molecule has 11 atom stereocenters. The zero-order valence-electron chi connectivity index (χ0n) is 16.9. The molecule has 4 aliphatic heterocycles. The number of nitrogens with two attached hydrogens (primary N) is 1. The Labute approximate surface area is 167 Å². The summed E-state index contributed by atoms with van der Waals surface area (Å²) in [5.41, 5.74) is 5.56. The maximum atomic E-state index is 11.2. The number of hydrogen-bond acceptors (Lipinski definition) is 7. The molecule has 0 aromatic heterocycles. The molecule has 5 aliphatic rings. The third kappa shape index (κ3) is 2.89. The van der Waals surface area contributed by atoms with Gasteiger partial charge in [-0.25, -0.2) is 0 Å². The van der Waals surface area contributed by atoms with Crippen molar-refractivity contribution >= 4 is 0 Å². The van der Waals surface area contributed by atoms with Gasteiger partial charge in [0.25, 0.3) is 0 Å². The Kier molecular flexibility index (Phi) is 5.02. The molecule has 1 saturated carbocycles. The van der Waals surface area contributed by atoms with E-state index in [9.17, 15) is 15.3 Å². The first-order chi connectivity index (χ1) is 13.4. The lowest BCUT2D eigenvalue weighted by Gasteiger charge is -2.53. The molecule has 0 aromatic carbocycles. The Bertz CT molecular complexity index is 594. The molecule has 0 radical (unpaired) electrons. The molecule has 7 heteroatoms. The van der Waals surface area contributed by atoms with E-state index in [1.165, 1.54) is 0 Å². The molecule has 5 rings (SSSR count). The average molecular weight is 396 g/mol. The molecule has 7 nitrogen and oxygen atoms in total. The smallest absolute Gasteiger partial charge is 0.0910 e. The lowest BCUT2D eigenvalue weighted by molar-refractivity contribution is -0.176. The second-order valence-corrected chi connectivity index (χ2v) is 10.2. The Morgan fingerprint density at radius 1 is 1.14 bits per heavy atom. The number of fused-ring (bicyclic) bond motifs is 5. The molecular formula is C21H37N3O4. The van der Waals surface area contributed by atoms with Gasteiger partial charge in [-0.1, -0.05) is 6.92 Å². The largest absolute Gasteiger partial charge is 0.390 e. The number of hydrogen-bond donors (Lipinski definition) is 5. The number of rotatable bonds is 2. The van der Waals surface area contributed by atoms with Gasteiger partial charge < -0.3 is 31.1 Å². The maximum Gasteiger partial charge on any atom is 0.0910 e. The second kappa shape index (κ2) is 7.15. The van der Waals surface area contributed by atoms with Gasteiger partial charge in [-0.2, -0.15) is 0 Å². The second-order valence-electron chi connectivity index (χ2n) is 10.2. The van der Waals surface area contributed by atoms with Crippen LogP contribution in [-0.4, -0.2) is 89.0 Å². The van der Waals surface area contributed by atoms with Crippen molar-refractivity contribution in [1.29, 1.82) is 0 Å². The van der Waals surface area contributed by atoms with Crippen molar-refractivity contribution in [3.05, 3.63) is 0 Å². The quantitative estimate of drug-likeness (QED) is 0.414. The summed E-state index contributed by atoms with van der Waals surface area (Å²) in [6.45, 7) is 5.95.